The minimum Gasteiger partial charge on any atom is -0.372 e. The Morgan fingerprint density at radius 3 is 2.29 bits per heavy atom. The number of aromatic nitrogens is 1. The van der Waals surface area contributed by atoms with Crippen molar-refractivity contribution in [1.82, 2.24) is 4.98 Å². The molecular weight excluding hydrogens is 368 g/mol. The van der Waals surface area contributed by atoms with Gasteiger partial charge in [-0.3, -0.25) is 14.6 Å². The molecule has 4 nitrogen and oxygen atoms in total. The minimum atomic E-state index is -0.256. The van der Waals surface area contributed by atoms with Crippen LogP contribution in [0.1, 0.15) is 40.3 Å². The highest BCUT2D eigenvalue weighted by atomic mass is 79.9. The van der Waals surface area contributed by atoms with Gasteiger partial charge in [0.2, 0.25) is 5.78 Å². The van der Waals surface area contributed by atoms with Crippen molar-refractivity contribution in [2.45, 2.75) is 13.8 Å². The third kappa shape index (κ3) is 2.69. The van der Waals surface area contributed by atoms with Crippen molar-refractivity contribution in [1.29, 1.82) is 0 Å². The third-order valence-electron chi connectivity index (χ3n) is 4.20. The van der Waals surface area contributed by atoms with Crippen LogP contribution >= 0.6 is 15.9 Å². The number of nitrogens with zero attached hydrogens (tertiary/aromatic N) is 2. The van der Waals surface area contributed by atoms with Crippen LogP contribution in [0.25, 0.3) is 5.57 Å². The number of fused-ring (bicyclic) bond motifs is 1. The van der Waals surface area contributed by atoms with E-state index >= 15 is 0 Å². The molecule has 0 bridgehead atoms. The highest BCUT2D eigenvalue weighted by Crippen LogP contribution is 2.35. The largest absolute Gasteiger partial charge is 0.372 e. The third-order valence-corrected chi connectivity index (χ3v) is 4.95. The van der Waals surface area contributed by atoms with E-state index in [4.69, 9.17) is 0 Å². The molecule has 0 unspecified atom stereocenters. The molecule has 0 atom stereocenters. The van der Waals surface area contributed by atoms with Gasteiger partial charge in [-0.25, -0.2) is 0 Å². The monoisotopic (exact) mass is 384 g/mol. The van der Waals surface area contributed by atoms with E-state index in [0.717, 1.165) is 24.3 Å². The van der Waals surface area contributed by atoms with E-state index in [1.165, 1.54) is 6.20 Å². The van der Waals surface area contributed by atoms with Gasteiger partial charge < -0.3 is 4.90 Å². The Hall–Kier alpha value is -2.27. The highest BCUT2D eigenvalue weighted by Gasteiger charge is 2.32. The van der Waals surface area contributed by atoms with Gasteiger partial charge in [-0.15, -0.1) is 0 Å². The van der Waals surface area contributed by atoms with Crippen LogP contribution in [0.3, 0.4) is 0 Å². The second-order valence-corrected chi connectivity index (χ2v) is 6.26. The zero-order chi connectivity index (χ0) is 17.3. The molecule has 1 heterocycles. The lowest BCUT2D eigenvalue weighted by Crippen LogP contribution is -2.22. The summed E-state index contributed by atoms with van der Waals surface area (Å²) < 4.78 is 0.272. The van der Waals surface area contributed by atoms with Crippen molar-refractivity contribution in [3.05, 3.63) is 63.9 Å². The Kier molecular flexibility index (Phi) is 4.62. The van der Waals surface area contributed by atoms with Gasteiger partial charge >= 0.3 is 0 Å². The molecule has 0 aliphatic heterocycles. The van der Waals surface area contributed by atoms with Crippen LogP contribution in [0.2, 0.25) is 0 Å². The number of hydrogen-bond donors (Lipinski definition) is 0. The molecule has 0 amide bonds. The summed E-state index contributed by atoms with van der Waals surface area (Å²) >= 11 is 3.30. The number of allylic oxidation sites excluding steroid dienone is 2. The van der Waals surface area contributed by atoms with Crippen molar-refractivity contribution >= 4 is 38.8 Å². The van der Waals surface area contributed by atoms with E-state index in [-0.39, 0.29) is 21.7 Å². The van der Waals surface area contributed by atoms with Crippen molar-refractivity contribution in [2.75, 3.05) is 18.0 Å². The summed E-state index contributed by atoms with van der Waals surface area (Å²) in [4.78, 5) is 31.6. The summed E-state index contributed by atoms with van der Waals surface area (Å²) in [5.41, 5.74) is 2.78. The lowest BCUT2D eigenvalue weighted by molar-refractivity contribution is 0.0995. The standard InChI is InChI=1S/C19H17BrN2O2/c1-3-22(4-2)13-9-7-12(8-10-13)15-16(20)19(24)17-14(18(15)23)6-5-11-21-17/h5-11H,3-4H2,1-2H3. The average Bonchev–Trinajstić information content (AvgIpc) is 2.62. The summed E-state index contributed by atoms with van der Waals surface area (Å²) in [5.74, 6) is -0.437. The second kappa shape index (κ2) is 6.69. The molecule has 0 radical (unpaired) electrons. The van der Waals surface area contributed by atoms with Gasteiger partial charge in [-0.1, -0.05) is 12.1 Å². The van der Waals surface area contributed by atoms with Gasteiger partial charge in [-0.05, 0) is 59.6 Å². The molecular formula is C19H17BrN2O2. The van der Waals surface area contributed by atoms with E-state index in [0.29, 0.717) is 11.1 Å². The van der Waals surface area contributed by atoms with Crippen molar-refractivity contribution in [2.24, 2.45) is 0 Å². The normalized spacial score (nSPS) is 14.0. The molecule has 1 aliphatic rings. The maximum Gasteiger partial charge on any atom is 0.219 e. The lowest BCUT2D eigenvalue weighted by atomic mass is 9.89. The van der Waals surface area contributed by atoms with Crippen molar-refractivity contribution < 1.29 is 9.59 Å². The van der Waals surface area contributed by atoms with Gasteiger partial charge in [0.15, 0.2) is 5.78 Å². The van der Waals surface area contributed by atoms with Crippen molar-refractivity contribution in [3.8, 4) is 0 Å². The van der Waals surface area contributed by atoms with Crippen LogP contribution in [-0.2, 0) is 0 Å². The number of hydrogen-bond acceptors (Lipinski definition) is 4. The fourth-order valence-corrected chi connectivity index (χ4v) is 3.50. The minimum absolute atomic E-state index is 0.180. The quantitative estimate of drug-likeness (QED) is 0.795. The number of Topliss-reactive ketones (excluding diaryl/α,β-unsaturated/α-hetero) is 2. The van der Waals surface area contributed by atoms with Gasteiger partial charge in [0.1, 0.15) is 5.69 Å². The number of pyridine rings is 1. The average molecular weight is 385 g/mol. The van der Waals surface area contributed by atoms with E-state index < -0.39 is 0 Å². The molecule has 1 aliphatic carbocycles. The maximum absolute atomic E-state index is 12.8. The van der Waals surface area contributed by atoms with E-state index in [2.05, 4.69) is 39.7 Å². The summed E-state index contributed by atoms with van der Waals surface area (Å²) in [6, 6.07) is 11.0. The first-order valence-electron chi connectivity index (χ1n) is 7.88. The fourth-order valence-electron chi connectivity index (χ4n) is 2.91. The molecule has 2 aromatic rings. The van der Waals surface area contributed by atoms with Crippen LogP contribution in [0.4, 0.5) is 5.69 Å². The van der Waals surface area contributed by atoms with E-state index in [9.17, 15) is 9.59 Å². The number of benzene rings is 1. The Morgan fingerprint density at radius 2 is 1.67 bits per heavy atom. The molecule has 24 heavy (non-hydrogen) atoms. The Morgan fingerprint density at radius 1 is 1.00 bits per heavy atom. The Balaban J connectivity index is 2.05. The molecule has 3 rings (SSSR count). The molecule has 1 aromatic carbocycles. The predicted octanol–water partition coefficient (Wildman–Crippen LogP) is 4.11. The Labute approximate surface area is 149 Å². The van der Waals surface area contributed by atoms with Crippen LogP contribution in [0, 0.1) is 0 Å². The van der Waals surface area contributed by atoms with Crippen LogP contribution in [-0.4, -0.2) is 29.6 Å². The summed E-state index contributed by atoms with van der Waals surface area (Å²) in [6.07, 6.45) is 1.52. The first-order valence-corrected chi connectivity index (χ1v) is 8.67. The number of carbonyl (C=O) groups excluding carboxylic acids is 2. The highest BCUT2D eigenvalue weighted by molar-refractivity contribution is 9.12. The summed E-state index contributed by atoms with van der Waals surface area (Å²) in [7, 11) is 0. The first kappa shape index (κ1) is 16.6. The Bertz CT molecular complexity index is 837. The molecule has 0 fully saturated rings. The molecule has 1 aromatic heterocycles. The zero-order valence-electron chi connectivity index (χ0n) is 13.5. The van der Waals surface area contributed by atoms with Gasteiger partial charge in [0.25, 0.3) is 0 Å². The van der Waals surface area contributed by atoms with Crippen LogP contribution < -0.4 is 4.90 Å². The van der Waals surface area contributed by atoms with Gasteiger partial charge in [0, 0.05) is 30.5 Å². The number of anilines is 1. The molecule has 122 valence electrons. The second-order valence-electron chi connectivity index (χ2n) is 5.47. The van der Waals surface area contributed by atoms with Gasteiger partial charge in [0.05, 0.1) is 10.0 Å². The molecule has 0 saturated carbocycles. The number of carbonyl (C=O) groups is 2. The summed E-state index contributed by atoms with van der Waals surface area (Å²) in [5, 5.41) is 0. The summed E-state index contributed by atoms with van der Waals surface area (Å²) in [6.45, 7) is 6.03. The van der Waals surface area contributed by atoms with Crippen LogP contribution in [0.15, 0.2) is 47.1 Å². The fraction of sp³-hybridized carbons (Fsp3) is 0.211. The molecule has 0 spiro atoms. The van der Waals surface area contributed by atoms with Crippen LogP contribution in [0.5, 0.6) is 0 Å². The van der Waals surface area contributed by atoms with Gasteiger partial charge in [-0.2, -0.15) is 0 Å². The topological polar surface area (TPSA) is 50.3 Å². The molecule has 0 saturated heterocycles. The molecule has 0 N–H and O–H groups in total. The number of ketones is 2. The molecule has 5 heteroatoms. The van der Waals surface area contributed by atoms with Crippen molar-refractivity contribution in [3.63, 3.8) is 0 Å². The number of rotatable bonds is 4. The smallest absolute Gasteiger partial charge is 0.219 e. The first-order chi connectivity index (χ1) is 11.6. The number of halogens is 1. The predicted molar refractivity (Wildman–Crippen MR) is 98.7 cm³/mol. The SMILES string of the molecule is CCN(CC)c1ccc(C2=C(Br)C(=O)c3ncccc3C2=O)cc1. The van der Waals surface area contributed by atoms with E-state index in [1.54, 1.807) is 12.1 Å². The van der Waals surface area contributed by atoms with E-state index in [1.807, 2.05) is 24.3 Å². The zero-order valence-corrected chi connectivity index (χ0v) is 15.1. The lowest BCUT2D eigenvalue weighted by Gasteiger charge is -2.22. The maximum atomic E-state index is 12.8.